The van der Waals surface area contributed by atoms with Gasteiger partial charge < -0.3 is 4.43 Å². The van der Waals surface area contributed by atoms with Crippen molar-refractivity contribution in [3.63, 3.8) is 0 Å². The van der Waals surface area contributed by atoms with Crippen LogP contribution in [-0.4, -0.2) is 23.3 Å². The highest BCUT2D eigenvalue weighted by atomic mass is 28.4. The summed E-state index contributed by atoms with van der Waals surface area (Å²) < 4.78 is 7.55. The van der Waals surface area contributed by atoms with Gasteiger partial charge in [0.25, 0.3) is 0 Å². The highest BCUT2D eigenvalue weighted by Gasteiger charge is 2.52. The Bertz CT molecular complexity index is 1480. The molecule has 37 heavy (non-hydrogen) atoms. The maximum atomic E-state index is 7.55. The third kappa shape index (κ3) is 4.51. The van der Waals surface area contributed by atoms with Crippen LogP contribution in [0.3, 0.4) is 0 Å². The molecule has 0 fully saturated rings. The van der Waals surface area contributed by atoms with E-state index in [0.29, 0.717) is 0 Å². The van der Waals surface area contributed by atoms with E-state index in [2.05, 4.69) is 113 Å². The van der Waals surface area contributed by atoms with Gasteiger partial charge in [0.2, 0.25) is 0 Å². The van der Waals surface area contributed by atoms with E-state index in [9.17, 15) is 0 Å². The third-order valence-corrected chi connectivity index (χ3v) is 11.7. The first-order valence-electron chi connectivity index (χ1n) is 12.7. The van der Waals surface area contributed by atoms with Crippen molar-refractivity contribution in [2.24, 2.45) is 0 Å². The predicted octanol–water partition coefficient (Wildman–Crippen LogP) is 6.70. The minimum absolute atomic E-state index is 0.173. The minimum Gasteiger partial charge on any atom is -0.532 e. The zero-order valence-corrected chi connectivity index (χ0v) is 23.1. The van der Waals surface area contributed by atoms with Crippen LogP contribution in [0.2, 0.25) is 5.04 Å². The van der Waals surface area contributed by atoms with Crippen LogP contribution in [0.1, 0.15) is 38.8 Å². The van der Waals surface area contributed by atoms with E-state index >= 15 is 0 Å². The SMILES string of the molecule is C/C=C/c1cc(C)cc(-n2nc3ccccc3n2)c1O[Si](c1ccccc1)(c1ccccc1)C(C)(C)C. The molecule has 0 saturated heterocycles. The van der Waals surface area contributed by atoms with E-state index in [1.165, 1.54) is 10.4 Å². The molecular weight excluding hydrogens is 470 g/mol. The lowest BCUT2D eigenvalue weighted by atomic mass is 10.1. The van der Waals surface area contributed by atoms with Crippen LogP contribution >= 0.6 is 0 Å². The summed E-state index contributed by atoms with van der Waals surface area (Å²) in [5.74, 6) is 0.804. The highest BCUT2D eigenvalue weighted by Crippen LogP contribution is 2.41. The van der Waals surface area contributed by atoms with Crippen LogP contribution in [0.15, 0.2) is 103 Å². The Labute approximate surface area is 220 Å². The first-order valence-corrected chi connectivity index (χ1v) is 14.6. The van der Waals surface area contributed by atoms with Crippen LogP contribution in [0.4, 0.5) is 0 Å². The number of nitrogens with zero attached hydrogens (tertiary/aromatic N) is 3. The number of hydrogen-bond donors (Lipinski definition) is 0. The van der Waals surface area contributed by atoms with E-state index < -0.39 is 8.32 Å². The maximum absolute atomic E-state index is 7.55. The molecule has 0 bridgehead atoms. The van der Waals surface area contributed by atoms with Gasteiger partial charge in [-0.05, 0) is 59.1 Å². The first-order chi connectivity index (χ1) is 17.8. The molecule has 4 nitrogen and oxygen atoms in total. The van der Waals surface area contributed by atoms with E-state index in [1.807, 2.05) is 31.2 Å². The van der Waals surface area contributed by atoms with Gasteiger partial charge in [-0.2, -0.15) is 0 Å². The average molecular weight is 504 g/mol. The molecule has 0 radical (unpaired) electrons. The first kappa shape index (κ1) is 24.7. The summed E-state index contributed by atoms with van der Waals surface area (Å²) >= 11 is 0. The molecule has 186 valence electrons. The van der Waals surface area contributed by atoms with Crippen LogP contribution in [-0.2, 0) is 0 Å². The van der Waals surface area contributed by atoms with Crippen molar-refractivity contribution in [1.29, 1.82) is 0 Å². The number of allylic oxidation sites excluding steroid dienone is 1. The largest absolute Gasteiger partial charge is 0.532 e. The van der Waals surface area contributed by atoms with Gasteiger partial charge in [-0.15, -0.1) is 15.0 Å². The lowest BCUT2D eigenvalue weighted by Gasteiger charge is -2.43. The van der Waals surface area contributed by atoms with Gasteiger partial charge in [0.05, 0.1) is 0 Å². The molecule has 1 aromatic heterocycles. The molecular formula is C32H33N3OSi. The molecule has 0 unspecified atom stereocenters. The van der Waals surface area contributed by atoms with Crippen LogP contribution in [0.5, 0.6) is 5.75 Å². The molecule has 0 aliphatic carbocycles. The molecule has 1 heterocycles. The van der Waals surface area contributed by atoms with E-state index in [-0.39, 0.29) is 5.04 Å². The smallest absolute Gasteiger partial charge is 0.320 e. The molecule has 0 aliphatic rings. The van der Waals surface area contributed by atoms with Gasteiger partial charge in [0, 0.05) is 5.56 Å². The summed E-state index contributed by atoms with van der Waals surface area (Å²) in [6.07, 6.45) is 4.18. The molecule has 5 heteroatoms. The lowest BCUT2D eigenvalue weighted by Crippen LogP contribution is -2.69. The number of rotatable bonds is 6. The Morgan fingerprint density at radius 2 is 1.27 bits per heavy atom. The van der Waals surface area contributed by atoms with Crippen molar-refractivity contribution in [1.82, 2.24) is 15.0 Å². The van der Waals surface area contributed by atoms with Crippen molar-refractivity contribution in [3.8, 4) is 11.4 Å². The zero-order valence-electron chi connectivity index (χ0n) is 22.1. The fourth-order valence-corrected chi connectivity index (χ4v) is 9.57. The normalized spacial score (nSPS) is 12.4. The van der Waals surface area contributed by atoms with Crippen LogP contribution < -0.4 is 14.8 Å². The maximum Gasteiger partial charge on any atom is 0.320 e. The standard InChI is InChI=1S/C32H33N3OSi/c1-6-15-25-22-24(2)23-30(35-33-28-20-13-14-21-29(28)34-35)31(25)36-37(32(3,4)5,26-16-9-7-10-17-26)27-18-11-8-12-19-27/h6-23H,1-5H3/b15-6+. The molecule has 0 aliphatic heterocycles. The molecule has 0 saturated carbocycles. The van der Waals surface area contributed by atoms with Crippen molar-refractivity contribution in [2.75, 3.05) is 0 Å². The van der Waals surface area contributed by atoms with Crippen molar-refractivity contribution in [3.05, 3.63) is 114 Å². The zero-order chi connectivity index (χ0) is 26.0. The molecule has 0 N–H and O–H groups in total. The van der Waals surface area contributed by atoms with E-state index in [0.717, 1.165) is 33.6 Å². The van der Waals surface area contributed by atoms with Crippen LogP contribution in [0, 0.1) is 6.92 Å². The fraction of sp³-hybridized carbons (Fsp3) is 0.188. The summed E-state index contributed by atoms with van der Waals surface area (Å²) in [6.45, 7) is 11.0. The Kier molecular flexibility index (Phi) is 6.57. The summed E-state index contributed by atoms with van der Waals surface area (Å²) in [5.41, 5.74) is 4.70. The van der Waals surface area contributed by atoms with Gasteiger partial charge in [0.15, 0.2) is 0 Å². The van der Waals surface area contributed by atoms with Gasteiger partial charge >= 0.3 is 8.32 Å². The highest BCUT2D eigenvalue weighted by molar-refractivity contribution is 7.00. The van der Waals surface area contributed by atoms with Crippen molar-refractivity contribution >= 4 is 35.8 Å². The van der Waals surface area contributed by atoms with Crippen molar-refractivity contribution < 1.29 is 4.43 Å². The van der Waals surface area contributed by atoms with E-state index in [1.54, 1.807) is 4.80 Å². The number of benzene rings is 4. The van der Waals surface area contributed by atoms with Gasteiger partial charge in [-0.25, -0.2) is 0 Å². The predicted molar refractivity (Wildman–Crippen MR) is 157 cm³/mol. The molecule has 0 atom stereocenters. The number of aryl methyl sites for hydroxylation is 1. The fourth-order valence-electron chi connectivity index (χ4n) is 5.11. The summed E-state index contributed by atoms with van der Waals surface area (Å²) in [6, 6.07) is 33.7. The molecule has 0 amide bonds. The van der Waals surface area contributed by atoms with Gasteiger partial charge in [0.1, 0.15) is 22.5 Å². The Morgan fingerprint density at radius 3 is 1.76 bits per heavy atom. The number of aromatic nitrogens is 3. The average Bonchev–Trinajstić information content (AvgIpc) is 3.33. The summed E-state index contributed by atoms with van der Waals surface area (Å²) in [5, 5.41) is 12.0. The molecule has 5 rings (SSSR count). The minimum atomic E-state index is -2.87. The molecule has 5 aromatic rings. The second-order valence-corrected chi connectivity index (χ2v) is 14.7. The van der Waals surface area contributed by atoms with E-state index in [4.69, 9.17) is 14.6 Å². The second-order valence-electron chi connectivity index (χ2n) is 10.4. The van der Waals surface area contributed by atoms with Crippen molar-refractivity contribution in [2.45, 2.75) is 39.7 Å². The second kappa shape index (κ2) is 9.83. The van der Waals surface area contributed by atoms with Gasteiger partial charge in [-0.1, -0.05) is 106 Å². The molecule has 0 spiro atoms. The van der Waals surface area contributed by atoms with Crippen LogP contribution in [0.25, 0.3) is 22.8 Å². The quantitative estimate of drug-likeness (QED) is 0.242. The number of fused-ring (bicyclic) bond motifs is 1. The molecule has 4 aromatic carbocycles. The summed E-state index contributed by atoms with van der Waals surface area (Å²) in [4.78, 5) is 1.73. The third-order valence-electron chi connectivity index (χ3n) is 6.76. The Balaban J connectivity index is 1.83. The topological polar surface area (TPSA) is 39.9 Å². The monoisotopic (exact) mass is 503 g/mol. The lowest BCUT2D eigenvalue weighted by molar-refractivity contribution is 0.500. The number of hydrogen-bond acceptors (Lipinski definition) is 3. The Morgan fingerprint density at radius 1 is 0.757 bits per heavy atom. The summed E-state index contributed by atoms with van der Waals surface area (Å²) in [7, 11) is -2.87. The Hall–Kier alpha value is -3.96. The van der Waals surface area contributed by atoms with Gasteiger partial charge in [-0.3, -0.25) is 0 Å².